The van der Waals surface area contributed by atoms with Gasteiger partial charge < -0.3 is 10.8 Å². The van der Waals surface area contributed by atoms with Crippen LogP contribution in [0.3, 0.4) is 0 Å². The number of rotatable bonds is 0. The molecule has 0 radical (unpaired) electrons. The quantitative estimate of drug-likeness (QED) is 0.500. The summed E-state index contributed by atoms with van der Waals surface area (Å²) in [5, 5.41) is 9.35. The Bertz CT molecular complexity index is 99.5. The van der Waals surface area contributed by atoms with Gasteiger partial charge in [0, 0.05) is 11.5 Å². The summed E-state index contributed by atoms with van der Waals surface area (Å²) in [5.74, 6) is 0. The topological polar surface area (TPSA) is 46.2 Å². The van der Waals surface area contributed by atoms with Crippen LogP contribution in [0.4, 0.5) is 0 Å². The molecule has 2 atom stereocenters. The van der Waals surface area contributed by atoms with Crippen molar-refractivity contribution in [1.29, 1.82) is 0 Å². The van der Waals surface area contributed by atoms with Crippen LogP contribution in [0.2, 0.25) is 0 Å². The van der Waals surface area contributed by atoms with Gasteiger partial charge in [0.1, 0.15) is 0 Å². The Balaban J connectivity index is 2.66. The van der Waals surface area contributed by atoms with Crippen molar-refractivity contribution in [3.8, 4) is 0 Å². The number of nitrogens with two attached hydrogens (primary N) is 1. The van der Waals surface area contributed by atoms with Gasteiger partial charge in [0.15, 0.2) is 0 Å². The molecule has 0 bridgehead atoms. The molecule has 2 nitrogen and oxygen atoms in total. The van der Waals surface area contributed by atoms with Crippen molar-refractivity contribution in [3.63, 3.8) is 0 Å². The molecule has 0 aliphatic heterocycles. The van der Waals surface area contributed by atoms with E-state index in [1.54, 1.807) is 0 Å². The van der Waals surface area contributed by atoms with E-state index >= 15 is 0 Å². The number of hydrogen-bond acceptors (Lipinski definition) is 2. The standard InChI is InChI=1S/C7H15NO/c1-7(2)5(8)3-4-6(7)9/h5-6,9H,3-4,8H2,1-2H3/t5-,6-/m1/s1. The average molecular weight is 129 g/mol. The normalized spacial score (nSPS) is 41.3. The Labute approximate surface area is 56.1 Å². The van der Waals surface area contributed by atoms with Gasteiger partial charge in [-0.05, 0) is 12.8 Å². The molecule has 0 aromatic heterocycles. The number of aliphatic hydroxyl groups excluding tert-OH is 1. The molecule has 3 N–H and O–H groups in total. The lowest BCUT2D eigenvalue weighted by atomic mass is 9.86. The lowest BCUT2D eigenvalue weighted by Crippen LogP contribution is -2.38. The fraction of sp³-hybridized carbons (Fsp3) is 1.00. The Hall–Kier alpha value is -0.0800. The maximum absolute atomic E-state index is 9.35. The predicted octanol–water partition coefficient (Wildman–Crippen LogP) is 0.495. The minimum Gasteiger partial charge on any atom is -0.393 e. The Morgan fingerprint density at radius 3 is 2.11 bits per heavy atom. The highest BCUT2D eigenvalue weighted by Gasteiger charge is 2.39. The maximum Gasteiger partial charge on any atom is 0.0606 e. The zero-order valence-corrected chi connectivity index (χ0v) is 6.09. The average Bonchev–Trinajstić information content (AvgIpc) is 1.96. The Morgan fingerprint density at radius 1 is 1.44 bits per heavy atom. The highest BCUT2D eigenvalue weighted by atomic mass is 16.3. The zero-order chi connectivity index (χ0) is 7.07. The molecule has 1 aliphatic carbocycles. The summed E-state index contributed by atoms with van der Waals surface area (Å²) in [7, 11) is 0. The number of aliphatic hydroxyl groups is 1. The van der Waals surface area contributed by atoms with Crippen LogP contribution in [-0.4, -0.2) is 17.3 Å². The van der Waals surface area contributed by atoms with Gasteiger partial charge in [-0.25, -0.2) is 0 Å². The third kappa shape index (κ3) is 0.970. The van der Waals surface area contributed by atoms with Crippen LogP contribution in [0.15, 0.2) is 0 Å². The van der Waals surface area contributed by atoms with E-state index in [0.29, 0.717) is 0 Å². The minimum atomic E-state index is -0.188. The van der Waals surface area contributed by atoms with Crippen LogP contribution < -0.4 is 5.73 Å². The lowest BCUT2D eigenvalue weighted by molar-refractivity contribution is 0.0718. The van der Waals surface area contributed by atoms with Crippen LogP contribution in [0, 0.1) is 5.41 Å². The first-order valence-electron chi connectivity index (χ1n) is 3.49. The molecule has 0 spiro atoms. The van der Waals surface area contributed by atoms with Crippen LogP contribution in [0.1, 0.15) is 26.7 Å². The van der Waals surface area contributed by atoms with Gasteiger partial charge in [-0.3, -0.25) is 0 Å². The molecule has 9 heavy (non-hydrogen) atoms. The molecule has 2 heteroatoms. The van der Waals surface area contributed by atoms with E-state index in [9.17, 15) is 5.11 Å². The lowest BCUT2D eigenvalue weighted by Gasteiger charge is -2.26. The Kier molecular flexibility index (Phi) is 1.53. The molecule has 54 valence electrons. The monoisotopic (exact) mass is 129 g/mol. The molecule has 1 fully saturated rings. The molecular formula is C7H15NO. The first-order valence-corrected chi connectivity index (χ1v) is 3.49. The summed E-state index contributed by atoms with van der Waals surface area (Å²) >= 11 is 0. The summed E-state index contributed by atoms with van der Waals surface area (Å²) in [6.45, 7) is 4.05. The van der Waals surface area contributed by atoms with Crippen molar-refractivity contribution in [2.75, 3.05) is 0 Å². The van der Waals surface area contributed by atoms with Gasteiger partial charge in [0.05, 0.1) is 6.10 Å². The van der Waals surface area contributed by atoms with Crippen molar-refractivity contribution < 1.29 is 5.11 Å². The summed E-state index contributed by atoms with van der Waals surface area (Å²) < 4.78 is 0. The minimum absolute atomic E-state index is 0.0556. The summed E-state index contributed by atoms with van der Waals surface area (Å²) in [5.41, 5.74) is 5.69. The molecule has 0 aromatic rings. The van der Waals surface area contributed by atoms with Crippen LogP contribution in [0.5, 0.6) is 0 Å². The second kappa shape index (κ2) is 1.96. The van der Waals surface area contributed by atoms with Crippen molar-refractivity contribution in [2.24, 2.45) is 11.1 Å². The van der Waals surface area contributed by atoms with E-state index in [1.165, 1.54) is 0 Å². The first-order chi connectivity index (χ1) is 4.05. The molecular weight excluding hydrogens is 114 g/mol. The third-order valence-corrected chi connectivity index (χ3v) is 2.57. The van der Waals surface area contributed by atoms with E-state index in [-0.39, 0.29) is 17.6 Å². The van der Waals surface area contributed by atoms with E-state index in [2.05, 4.69) is 0 Å². The molecule has 1 aliphatic rings. The van der Waals surface area contributed by atoms with Crippen LogP contribution in [-0.2, 0) is 0 Å². The fourth-order valence-corrected chi connectivity index (χ4v) is 1.33. The molecule has 1 saturated carbocycles. The second-order valence-corrected chi connectivity index (χ2v) is 3.52. The third-order valence-electron chi connectivity index (χ3n) is 2.57. The fourth-order valence-electron chi connectivity index (χ4n) is 1.33. The van der Waals surface area contributed by atoms with Gasteiger partial charge >= 0.3 is 0 Å². The SMILES string of the molecule is CC1(C)[C@H](N)CC[C@H]1O. The zero-order valence-electron chi connectivity index (χ0n) is 6.09. The maximum atomic E-state index is 9.35. The smallest absolute Gasteiger partial charge is 0.0606 e. The molecule has 0 saturated heterocycles. The second-order valence-electron chi connectivity index (χ2n) is 3.52. The van der Waals surface area contributed by atoms with Gasteiger partial charge in [0.2, 0.25) is 0 Å². The van der Waals surface area contributed by atoms with Gasteiger partial charge in [0.25, 0.3) is 0 Å². The highest BCUT2D eigenvalue weighted by molar-refractivity contribution is 4.94. The molecule has 0 amide bonds. The van der Waals surface area contributed by atoms with Crippen molar-refractivity contribution in [1.82, 2.24) is 0 Å². The van der Waals surface area contributed by atoms with Crippen LogP contribution >= 0.6 is 0 Å². The van der Waals surface area contributed by atoms with Crippen molar-refractivity contribution in [3.05, 3.63) is 0 Å². The van der Waals surface area contributed by atoms with Gasteiger partial charge in [-0.15, -0.1) is 0 Å². The van der Waals surface area contributed by atoms with Gasteiger partial charge in [-0.2, -0.15) is 0 Å². The predicted molar refractivity (Wildman–Crippen MR) is 37.0 cm³/mol. The van der Waals surface area contributed by atoms with E-state index in [4.69, 9.17) is 5.73 Å². The molecule has 1 rings (SSSR count). The summed E-state index contributed by atoms with van der Waals surface area (Å²) in [6.07, 6.45) is 1.65. The largest absolute Gasteiger partial charge is 0.393 e. The van der Waals surface area contributed by atoms with Crippen LogP contribution in [0.25, 0.3) is 0 Å². The van der Waals surface area contributed by atoms with Crippen molar-refractivity contribution >= 4 is 0 Å². The molecule has 0 aromatic carbocycles. The highest BCUT2D eigenvalue weighted by Crippen LogP contribution is 2.35. The van der Waals surface area contributed by atoms with Gasteiger partial charge in [-0.1, -0.05) is 13.8 Å². The van der Waals surface area contributed by atoms with E-state index < -0.39 is 0 Å². The van der Waals surface area contributed by atoms with E-state index in [1.807, 2.05) is 13.8 Å². The summed E-state index contributed by atoms with van der Waals surface area (Å²) in [4.78, 5) is 0. The first kappa shape index (κ1) is 7.03. The molecule has 0 heterocycles. The summed E-state index contributed by atoms with van der Waals surface area (Å²) in [6, 6.07) is 0.187. The van der Waals surface area contributed by atoms with E-state index in [0.717, 1.165) is 12.8 Å². The number of hydrogen-bond donors (Lipinski definition) is 2. The molecule has 0 unspecified atom stereocenters. The van der Waals surface area contributed by atoms with Crippen molar-refractivity contribution in [2.45, 2.75) is 38.8 Å². The Morgan fingerprint density at radius 2 is 2.00 bits per heavy atom.